The Balaban J connectivity index is 1.88. The summed E-state index contributed by atoms with van der Waals surface area (Å²) in [5, 5.41) is 1.04. The standard InChI is InChI=1S/C17H23N3O/c1-12-16(14-6-4-5-7-15(14)18-12)17(21)13(2)20-10-8-19(3)9-11-20/h4-7,13,18H,8-11H2,1-3H3/t13-/m0/s1. The van der Waals surface area contributed by atoms with Crippen LogP contribution in [0.2, 0.25) is 0 Å². The number of carbonyl (C=O) groups is 1. The minimum Gasteiger partial charge on any atom is -0.358 e. The number of aryl methyl sites for hydroxylation is 1. The Morgan fingerprint density at radius 3 is 2.57 bits per heavy atom. The van der Waals surface area contributed by atoms with Gasteiger partial charge in [0.25, 0.3) is 0 Å². The molecule has 3 rings (SSSR count). The second-order valence-electron chi connectivity index (χ2n) is 6.05. The number of piperazine rings is 1. The van der Waals surface area contributed by atoms with Crippen molar-refractivity contribution in [3.05, 3.63) is 35.5 Å². The average molecular weight is 285 g/mol. The normalized spacial score (nSPS) is 19.0. The zero-order chi connectivity index (χ0) is 15.0. The number of ketones is 1. The summed E-state index contributed by atoms with van der Waals surface area (Å²) >= 11 is 0. The van der Waals surface area contributed by atoms with Crippen molar-refractivity contribution in [2.75, 3.05) is 33.2 Å². The third-order valence-electron chi connectivity index (χ3n) is 4.61. The van der Waals surface area contributed by atoms with Gasteiger partial charge in [0.2, 0.25) is 0 Å². The Bertz CT molecular complexity index is 653. The number of para-hydroxylation sites is 1. The molecule has 1 aromatic heterocycles. The summed E-state index contributed by atoms with van der Waals surface area (Å²) in [6.07, 6.45) is 0. The number of H-pyrrole nitrogens is 1. The topological polar surface area (TPSA) is 39.3 Å². The van der Waals surface area contributed by atoms with Crippen molar-refractivity contribution in [1.29, 1.82) is 0 Å². The lowest BCUT2D eigenvalue weighted by Gasteiger charge is -2.35. The first kappa shape index (κ1) is 14.3. The van der Waals surface area contributed by atoms with Gasteiger partial charge in [0.15, 0.2) is 5.78 Å². The number of Topliss-reactive ketones (excluding diaryl/α,β-unsaturated/α-hetero) is 1. The fourth-order valence-corrected chi connectivity index (χ4v) is 3.18. The third kappa shape index (κ3) is 2.61. The van der Waals surface area contributed by atoms with E-state index in [-0.39, 0.29) is 11.8 Å². The second-order valence-corrected chi connectivity index (χ2v) is 6.05. The van der Waals surface area contributed by atoms with Gasteiger partial charge in [-0.3, -0.25) is 9.69 Å². The number of hydrogen-bond donors (Lipinski definition) is 1. The largest absolute Gasteiger partial charge is 0.358 e. The molecule has 1 N–H and O–H groups in total. The van der Waals surface area contributed by atoms with Gasteiger partial charge in [0.1, 0.15) is 0 Å². The van der Waals surface area contributed by atoms with E-state index in [0.29, 0.717) is 0 Å². The van der Waals surface area contributed by atoms with Crippen molar-refractivity contribution >= 4 is 16.7 Å². The maximum Gasteiger partial charge on any atom is 0.182 e. The molecule has 0 spiro atoms. The number of nitrogens with zero attached hydrogens (tertiary/aromatic N) is 2. The lowest BCUT2D eigenvalue weighted by atomic mass is 10.0. The fraction of sp³-hybridized carbons (Fsp3) is 0.471. The van der Waals surface area contributed by atoms with Crippen molar-refractivity contribution in [2.24, 2.45) is 0 Å². The number of carbonyl (C=O) groups excluding carboxylic acids is 1. The van der Waals surface area contributed by atoms with Crippen LogP contribution >= 0.6 is 0 Å². The van der Waals surface area contributed by atoms with Crippen molar-refractivity contribution in [1.82, 2.24) is 14.8 Å². The molecule has 21 heavy (non-hydrogen) atoms. The monoisotopic (exact) mass is 285 g/mol. The smallest absolute Gasteiger partial charge is 0.182 e. The van der Waals surface area contributed by atoms with Gasteiger partial charge >= 0.3 is 0 Å². The van der Waals surface area contributed by atoms with Crippen LogP contribution in [0.25, 0.3) is 10.9 Å². The quantitative estimate of drug-likeness (QED) is 0.880. The van der Waals surface area contributed by atoms with E-state index in [9.17, 15) is 4.79 Å². The average Bonchev–Trinajstić information content (AvgIpc) is 2.82. The third-order valence-corrected chi connectivity index (χ3v) is 4.61. The van der Waals surface area contributed by atoms with E-state index in [4.69, 9.17) is 0 Å². The number of hydrogen-bond acceptors (Lipinski definition) is 3. The Labute approximate surface area is 125 Å². The molecule has 2 aromatic rings. The SMILES string of the molecule is Cc1[nH]c2ccccc2c1C(=O)[C@H](C)N1CCN(C)CC1. The number of fused-ring (bicyclic) bond motifs is 1. The summed E-state index contributed by atoms with van der Waals surface area (Å²) in [5.74, 6) is 0.231. The van der Waals surface area contributed by atoms with Crippen molar-refractivity contribution in [3.8, 4) is 0 Å². The van der Waals surface area contributed by atoms with E-state index in [1.165, 1.54) is 0 Å². The van der Waals surface area contributed by atoms with E-state index in [2.05, 4.69) is 21.8 Å². The van der Waals surface area contributed by atoms with E-state index in [1.54, 1.807) is 0 Å². The molecule has 0 amide bonds. The molecule has 1 aliphatic heterocycles. The minimum atomic E-state index is -0.0587. The molecule has 112 valence electrons. The molecule has 0 unspecified atom stereocenters. The number of likely N-dealkylation sites (N-methyl/N-ethyl adjacent to an activating group) is 1. The van der Waals surface area contributed by atoms with Gasteiger partial charge in [-0.25, -0.2) is 0 Å². The first-order chi connectivity index (χ1) is 10.1. The van der Waals surface area contributed by atoms with Crippen molar-refractivity contribution < 1.29 is 4.79 Å². The molecule has 4 nitrogen and oxygen atoms in total. The molecule has 4 heteroatoms. The molecular formula is C17H23N3O. The van der Waals surface area contributed by atoms with Gasteiger partial charge in [0.05, 0.1) is 6.04 Å². The number of aromatic nitrogens is 1. The highest BCUT2D eigenvalue weighted by Gasteiger charge is 2.27. The van der Waals surface area contributed by atoms with E-state index < -0.39 is 0 Å². The van der Waals surface area contributed by atoms with Crippen LogP contribution in [0.1, 0.15) is 23.0 Å². The Morgan fingerprint density at radius 2 is 1.86 bits per heavy atom. The van der Waals surface area contributed by atoms with E-state index in [1.807, 2.05) is 38.1 Å². The van der Waals surface area contributed by atoms with Gasteiger partial charge in [0, 0.05) is 48.3 Å². The number of benzene rings is 1. The second kappa shape index (κ2) is 5.62. The van der Waals surface area contributed by atoms with Gasteiger partial charge in [-0.2, -0.15) is 0 Å². The van der Waals surface area contributed by atoms with Crippen molar-refractivity contribution in [3.63, 3.8) is 0 Å². The van der Waals surface area contributed by atoms with Crippen LogP contribution in [-0.4, -0.2) is 59.8 Å². The highest BCUT2D eigenvalue weighted by Crippen LogP contribution is 2.24. The summed E-state index contributed by atoms with van der Waals surface area (Å²) < 4.78 is 0. The Hall–Kier alpha value is -1.65. The highest BCUT2D eigenvalue weighted by atomic mass is 16.1. The predicted octanol–water partition coefficient (Wildman–Crippen LogP) is 2.29. The van der Waals surface area contributed by atoms with E-state index in [0.717, 1.165) is 48.3 Å². The number of aromatic amines is 1. The molecule has 0 bridgehead atoms. The van der Waals surface area contributed by atoms with Gasteiger partial charge in [-0.1, -0.05) is 18.2 Å². The van der Waals surface area contributed by atoms with Crippen LogP contribution in [0.3, 0.4) is 0 Å². The van der Waals surface area contributed by atoms with E-state index >= 15 is 0 Å². The molecule has 2 heterocycles. The zero-order valence-electron chi connectivity index (χ0n) is 13.0. The first-order valence-electron chi connectivity index (χ1n) is 7.62. The zero-order valence-corrected chi connectivity index (χ0v) is 13.0. The van der Waals surface area contributed by atoms with Crippen LogP contribution in [0, 0.1) is 6.92 Å². The molecule has 0 saturated carbocycles. The summed E-state index contributed by atoms with van der Waals surface area (Å²) in [4.78, 5) is 20.9. The van der Waals surface area contributed by atoms with Crippen LogP contribution in [-0.2, 0) is 0 Å². The van der Waals surface area contributed by atoms with Crippen LogP contribution in [0.15, 0.2) is 24.3 Å². The van der Waals surface area contributed by atoms with Crippen molar-refractivity contribution in [2.45, 2.75) is 19.9 Å². The molecule has 1 fully saturated rings. The maximum absolute atomic E-state index is 12.9. The molecule has 1 atom stereocenters. The summed E-state index contributed by atoms with van der Waals surface area (Å²) in [5.41, 5.74) is 2.88. The number of nitrogens with one attached hydrogen (secondary N) is 1. The van der Waals surface area contributed by atoms with Gasteiger partial charge in [-0.15, -0.1) is 0 Å². The van der Waals surface area contributed by atoms with Crippen LogP contribution < -0.4 is 0 Å². The lowest BCUT2D eigenvalue weighted by molar-refractivity contribution is 0.0739. The predicted molar refractivity (Wildman–Crippen MR) is 85.9 cm³/mol. The Morgan fingerprint density at radius 1 is 1.19 bits per heavy atom. The molecule has 1 aromatic carbocycles. The summed E-state index contributed by atoms with van der Waals surface area (Å²) in [7, 11) is 2.13. The molecule has 0 aliphatic carbocycles. The minimum absolute atomic E-state index is 0.0587. The molecule has 0 radical (unpaired) electrons. The van der Waals surface area contributed by atoms with Gasteiger partial charge < -0.3 is 9.88 Å². The first-order valence-corrected chi connectivity index (χ1v) is 7.62. The van der Waals surface area contributed by atoms with Gasteiger partial charge in [-0.05, 0) is 27.0 Å². The maximum atomic E-state index is 12.9. The number of rotatable bonds is 3. The molecular weight excluding hydrogens is 262 g/mol. The fourth-order valence-electron chi connectivity index (χ4n) is 3.18. The molecule has 1 aliphatic rings. The lowest BCUT2D eigenvalue weighted by Crippen LogP contribution is -2.50. The highest BCUT2D eigenvalue weighted by molar-refractivity contribution is 6.11. The summed E-state index contributed by atoms with van der Waals surface area (Å²) in [6, 6.07) is 7.99. The molecule has 1 saturated heterocycles. The summed E-state index contributed by atoms with van der Waals surface area (Å²) in [6.45, 7) is 8.02. The van der Waals surface area contributed by atoms with Crippen LogP contribution in [0.5, 0.6) is 0 Å². The Kier molecular flexibility index (Phi) is 3.83. The van der Waals surface area contributed by atoms with Crippen LogP contribution in [0.4, 0.5) is 0 Å².